The number of nitrogens with zero attached hydrogens (tertiary/aromatic N) is 3. The molecule has 2 aromatic rings. The van der Waals surface area contributed by atoms with E-state index in [0.29, 0.717) is 19.6 Å². The molecule has 2 unspecified atom stereocenters. The van der Waals surface area contributed by atoms with Crippen LogP contribution >= 0.6 is 0 Å². The molecule has 6 amide bonds. The Kier molecular flexibility index (Phi) is 51.2. The first-order chi connectivity index (χ1) is 56.9. The third kappa shape index (κ3) is 42.8. The van der Waals surface area contributed by atoms with Crippen LogP contribution in [-0.2, 0) is 105 Å². The lowest BCUT2D eigenvalue weighted by atomic mass is 9.99. The number of methoxy groups -OCH3 is 2. The van der Waals surface area contributed by atoms with Gasteiger partial charge in [-0.3, -0.25) is 77.8 Å². The molecule has 0 spiro atoms. The van der Waals surface area contributed by atoms with Crippen LogP contribution in [0.5, 0.6) is 23.0 Å². The van der Waals surface area contributed by atoms with Gasteiger partial charge in [-0.25, -0.2) is 0 Å². The van der Waals surface area contributed by atoms with Gasteiger partial charge in [-0.15, -0.1) is 0 Å². The zero-order valence-electron chi connectivity index (χ0n) is 67.4. The normalized spacial score (nSPS) is 13.1. The Morgan fingerprint density at radius 2 is 0.780 bits per heavy atom. The number of hydrogen-bond acceptors (Lipinski definition) is 35. The minimum Gasteiger partial charge on any atom is -0.493 e. The number of nitrogens with one attached hydrogen (secondary N) is 10. The van der Waals surface area contributed by atoms with E-state index in [4.69, 9.17) is 66.5 Å². The van der Waals surface area contributed by atoms with Crippen molar-refractivity contribution in [3.8, 4) is 23.0 Å². The number of hydroxylamine groups is 2. The molecule has 2 aliphatic carbocycles. The lowest BCUT2D eigenvalue weighted by Gasteiger charge is -2.21. The highest BCUT2D eigenvalue weighted by atomic mass is 16.7. The first-order valence-electron chi connectivity index (χ1n) is 38.7. The molecule has 0 saturated carbocycles. The number of carbonyl (C=O) groups excluding carboxylic acids is 12. The average molecular weight is 1680 g/mol. The molecular weight excluding hydrogens is 1560 g/mol. The molecule has 0 saturated heterocycles. The number of benzene rings is 2. The van der Waals surface area contributed by atoms with E-state index >= 15 is 0 Å². The molecule has 0 aromatic heterocycles. The van der Waals surface area contributed by atoms with Gasteiger partial charge in [0.25, 0.3) is 11.4 Å². The number of ketones is 4. The van der Waals surface area contributed by atoms with E-state index < -0.39 is 75.8 Å². The van der Waals surface area contributed by atoms with Gasteiger partial charge in [0.05, 0.1) is 198 Å². The highest BCUT2D eigenvalue weighted by molar-refractivity contribution is 6.22. The van der Waals surface area contributed by atoms with Gasteiger partial charge in [0.1, 0.15) is 12.1 Å². The van der Waals surface area contributed by atoms with E-state index in [2.05, 4.69) is 53.5 Å². The van der Waals surface area contributed by atoms with Gasteiger partial charge >= 0.3 is 11.9 Å². The molecule has 658 valence electrons. The molecule has 2 aliphatic rings. The van der Waals surface area contributed by atoms with Crippen LogP contribution in [0, 0.1) is 20.2 Å². The monoisotopic (exact) mass is 1680 g/mol. The molecule has 118 heavy (non-hydrogen) atoms. The summed E-state index contributed by atoms with van der Waals surface area (Å²) in [4.78, 5) is 183. The molecule has 0 radical (unpaired) electrons. The fourth-order valence-corrected chi connectivity index (χ4v) is 10.6. The van der Waals surface area contributed by atoms with Crippen molar-refractivity contribution in [2.75, 3.05) is 206 Å². The molecular formula is C75H113N13O30. The summed E-state index contributed by atoms with van der Waals surface area (Å²) in [6, 6.07) is 0.766. The number of carbonyl (C=O) groups is 12. The first kappa shape index (κ1) is 100. The number of rotatable bonds is 70. The molecule has 4 rings (SSSR count). The van der Waals surface area contributed by atoms with Crippen molar-refractivity contribution >= 4 is 81.9 Å². The van der Waals surface area contributed by atoms with E-state index in [1.807, 2.05) is 18.9 Å². The molecule has 0 fully saturated rings. The summed E-state index contributed by atoms with van der Waals surface area (Å²) >= 11 is 0. The van der Waals surface area contributed by atoms with Crippen LogP contribution in [0.15, 0.2) is 48.6 Å². The van der Waals surface area contributed by atoms with Gasteiger partial charge in [0.2, 0.25) is 35.4 Å². The predicted octanol–water partition coefficient (Wildman–Crippen LogP) is -0.809. The van der Waals surface area contributed by atoms with Crippen LogP contribution in [0.25, 0.3) is 0 Å². The van der Waals surface area contributed by atoms with Crippen LogP contribution in [-0.4, -0.2) is 303 Å². The Morgan fingerprint density at radius 3 is 1.19 bits per heavy atom. The Morgan fingerprint density at radius 1 is 0.415 bits per heavy atom. The number of nitro benzene ring substituents is 2. The Hall–Kier alpha value is -10.2. The van der Waals surface area contributed by atoms with Gasteiger partial charge in [-0.05, 0) is 69.8 Å². The predicted molar refractivity (Wildman–Crippen MR) is 416 cm³/mol. The van der Waals surface area contributed by atoms with E-state index in [1.54, 1.807) is 6.92 Å². The molecule has 0 heterocycles. The third-order valence-corrected chi connectivity index (χ3v) is 16.9. The summed E-state index contributed by atoms with van der Waals surface area (Å²) in [5.74, 6) is -5.20. The second-order valence-corrected chi connectivity index (χ2v) is 25.9. The van der Waals surface area contributed by atoms with Crippen LogP contribution in [0.4, 0.5) is 11.4 Å². The summed E-state index contributed by atoms with van der Waals surface area (Å²) in [5, 5.41) is 46.6. The van der Waals surface area contributed by atoms with Gasteiger partial charge in [0, 0.05) is 91.0 Å². The largest absolute Gasteiger partial charge is 0.493 e. The molecule has 2 aromatic carbocycles. The average Bonchev–Trinajstić information content (AvgIpc) is 1.48. The van der Waals surface area contributed by atoms with Crippen LogP contribution in [0.1, 0.15) is 101 Å². The maximum absolute atomic E-state index is 13.6. The summed E-state index contributed by atoms with van der Waals surface area (Å²) in [6.45, 7) is 8.72. The van der Waals surface area contributed by atoms with Crippen LogP contribution < -0.4 is 72.4 Å². The first-order valence-corrected chi connectivity index (χ1v) is 38.7. The standard InChI is InChI=1S/C75H113N13O30/c1-6-86(3)28-17-68(95)76-22-24-82-117-72(99)10-8-30-116-65-51-57(88(103)104)54(48-63(65)106-5)55(85-70(97)19-32-108-36-40-112-44-46-114-42-38-110-34-27-79-67(94)16-21-81-75-60(91)13-14-61(75)92)49-71(98)77-23-25-83-118-73(100)9-7-29-115-64-50-56(87(101)102)53(47-62(64)105-4)52(2)84-69(96)18-31-107-35-39-111-43-45-113-41-37-109-33-26-78-66(93)15-20-80-74-58(89)11-12-59(74)90/h11-14,47-48,50-52,55,74-75,80-83H,6-10,15-46,49H2,1-5H3,(H,76,95)(H,77,98)(H,78,93)(H,79,94)(H,84,96)(H,85,97). The minimum atomic E-state index is -1.34. The maximum Gasteiger partial charge on any atom is 0.324 e. The molecule has 0 aliphatic heterocycles. The Labute approximate surface area is 682 Å². The minimum absolute atomic E-state index is 0.0121. The van der Waals surface area contributed by atoms with Gasteiger partial charge in [-0.2, -0.15) is 11.0 Å². The molecule has 43 nitrogen and oxygen atoms in total. The van der Waals surface area contributed by atoms with Crippen LogP contribution in [0.3, 0.4) is 0 Å². The lowest BCUT2D eigenvalue weighted by molar-refractivity contribution is -0.386. The van der Waals surface area contributed by atoms with E-state index in [-0.39, 0.29) is 297 Å². The molecule has 0 bridgehead atoms. The lowest BCUT2D eigenvalue weighted by Crippen LogP contribution is -2.41. The van der Waals surface area contributed by atoms with Crippen molar-refractivity contribution in [3.63, 3.8) is 0 Å². The quantitative estimate of drug-likeness (QED) is 0.0168. The Balaban J connectivity index is 1.16. The van der Waals surface area contributed by atoms with Gasteiger partial charge in [0.15, 0.2) is 46.1 Å². The van der Waals surface area contributed by atoms with Crippen molar-refractivity contribution in [1.82, 2.24) is 58.4 Å². The van der Waals surface area contributed by atoms with E-state index in [1.165, 1.54) is 50.7 Å². The zero-order valence-corrected chi connectivity index (χ0v) is 67.4. The van der Waals surface area contributed by atoms with Crippen molar-refractivity contribution in [2.45, 2.75) is 102 Å². The van der Waals surface area contributed by atoms with Gasteiger partial charge in [-0.1, -0.05) is 6.92 Å². The molecule has 10 N–H and O–H groups in total. The second-order valence-electron chi connectivity index (χ2n) is 25.9. The number of hydrogen-bond donors (Lipinski definition) is 10. The summed E-state index contributed by atoms with van der Waals surface area (Å²) in [5.41, 5.74) is 3.99. The maximum atomic E-state index is 13.6. The topological polar surface area (TPSA) is 544 Å². The second kappa shape index (κ2) is 60.3. The third-order valence-electron chi connectivity index (χ3n) is 16.9. The van der Waals surface area contributed by atoms with E-state index in [9.17, 15) is 77.8 Å². The summed E-state index contributed by atoms with van der Waals surface area (Å²) in [6.07, 6.45) is 4.30. The number of nitro groups is 2. The smallest absolute Gasteiger partial charge is 0.324 e. The molecule has 2 atom stereocenters. The highest BCUT2D eigenvalue weighted by Gasteiger charge is 2.32. The van der Waals surface area contributed by atoms with Crippen LogP contribution in [0.2, 0.25) is 0 Å². The fourth-order valence-electron chi connectivity index (χ4n) is 10.6. The van der Waals surface area contributed by atoms with Crippen molar-refractivity contribution in [3.05, 3.63) is 79.9 Å². The molecule has 43 heteroatoms. The summed E-state index contributed by atoms with van der Waals surface area (Å²) in [7, 11) is 4.49. The zero-order chi connectivity index (χ0) is 86.1. The number of ether oxygens (including phenoxy) is 12. The van der Waals surface area contributed by atoms with Crippen molar-refractivity contribution in [2.24, 2.45) is 0 Å². The van der Waals surface area contributed by atoms with E-state index in [0.717, 1.165) is 18.7 Å². The van der Waals surface area contributed by atoms with Gasteiger partial charge < -0.3 is 114 Å². The van der Waals surface area contributed by atoms with Crippen molar-refractivity contribution in [1.29, 1.82) is 0 Å². The fraction of sp³-hybridized carbons (Fsp3) is 0.627. The Bertz CT molecular complexity index is 3550. The highest BCUT2D eigenvalue weighted by Crippen LogP contribution is 2.40. The summed E-state index contributed by atoms with van der Waals surface area (Å²) < 4.78 is 66.6. The van der Waals surface area contributed by atoms with Crippen molar-refractivity contribution < 1.29 is 134 Å². The SMILES string of the molecule is CCN(C)CCC(=O)NCCNOC(=O)CCCOc1cc([N+](=O)[O-])c(C(CC(=O)NCCNOC(=O)CCCOc2cc([N+](=O)[O-])c(C(C)NC(=O)CCOCCOCCOCCOCCNC(=O)CCNC3C(=O)C=CC3=O)cc2OC)NC(=O)CCOCCOCCOCCOCCNC(=O)CCNC2C(=O)C=CC2=O)cc1OC. The number of amides is 6.